The summed E-state index contributed by atoms with van der Waals surface area (Å²) in [4.78, 5) is 0. The third kappa shape index (κ3) is 3.21. The molecule has 1 saturated carbocycles. The SMILES string of the molecule is CC1CCC(CN(C)[O-])CC1. The Morgan fingerprint density at radius 1 is 1.27 bits per heavy atom. The van der Waals surface area contributed by atoms with Gasteiger partial charge in [-0.05, 0) is 38.3 Å². The summed E-state index contributed by atoms with van der Waals surface area (Å²) in [7, 11) is 1.62. The molecule has 0 aromatic carbocycles. The number of hydrogen-bond donors (Lipinski definition) is 0. The Bertz CT molecular complexity index is 106. The summed E-state index contributed by atoms with van der Waals surface area (Å²) in [6, 6.07) is 0. The molecule has 0 aromatic heterocycles. The lowest BCUT2D eigenvalue weighted by molar-refractivity contribution is 0.243. The number of hydroxylamine groups is 2. The van der Waals surface area contributed by atoms with Gasteiger partial charge >= 0.3 is 0 Å². The normalized spacial score (nSPS) is 32.7. The molecule has 1 aliphatic carbocycles. The minimum Gasteiger partial charge on any atom is -0.785 e. The van der Waals surface area contributed by atoms with Crippen molar-refractivity contribution in [1.29, 1.82) is 0 Å². The van der Waals surface area contributed by atoms with Gasteiger partial charge in [-0.15, -0.1) is 0 Å². The molecule has 0 unspecified atom stereocenters. The Morgan fingerprint density at radius 3 is 2.27 bits per heavy atom. The van der Waals surface area contributed by atoms with Crippen molar-refractivity contribution in [3.05, 3.63) is 5.21 Å². The molecule has 1 aliphatic rings. The highest BCUT2D eigenvalue weighted by atomic mass is 16.5. The van der Waals surface area contributed by atoms with Crippen LogP contribution in [0.25, 0.3) is 0 Å². The zero-order chi connectivity index (χ0) is 8.27. The van der Waals surface area contributed by atoms with Crippen LogP contribution in [0.5, 0.6) is 0 Å². The van der Waals surface area contributed by atoms with Gasteiger partial charge in [0.2, 0.25) is 0 Å². The van der Waals surface area contributed by atoms with E-state index in [1.165, 1.54) is 25.7 Å². The zero-order valence-corrected chi connectivity index (χ0v) is 7.55. The summed E-state index contributed by atoms with van der Waals surface area (Å²) in [6.45, 7) is 3.05. The van der Waals surface area contributed by atoms with Crippen molar-refractivity contribution < 1.29 is 0 Å². The van der Waals surface area contributed by atoms with Gasteiger partial charge in [-0.2, -0.15) is 0 Å². The molecule has 1 rings (SSSR count). The quantitative estimate of drug-likeness (QED) is 0.573. The summed E-state index contributed by atoms with van der Waals surface area (Å²) >= 11 is 0. The predicted molar refractivity (Wildman–Crippen MR) is 47.1 cm³/mol. The Kier molecular flexibility index (Phi) is 3.34. The van der Waals surface area contributed by atoms with Gasteiger partial charge in [0.05, 0.1) is 0 Å². The maximum atomic E-state index is 10.7. The van der Waals surface area contributed by atoms with Crippen LogP contribution in [0.15, 0.2) is 0 Å². The summed E-state index contributed by atoms with van der Waals surface area (Å²) in [5.74, 6) is 1.57. The topological polar surface area (TPSA) is 26.3 Å². The van der Waals surface area contributed by atoms with Crippen LogP contribution in [-0.2, 0) is 0 Å². The molecule has 2 nitrogen and oxygen atoms in total. The lowest BCUT2D eigenvalue weighted by atomic mass is 9.83. The summed E-state index contributed by atoms with van der Waals surface area (Å²) in [5, 5.41) is 11.8. The largest absolute Gasteiger partial charge is 0.785 e. The Labute approximate surface area is 69.2 Å². The van der Waals surface area contributed by atoms with Crippen LogP contribution in [0.4, 0.5) is 0 Å². The first-order chi connectivity index (χ1) is 5.18. The van der Waals surface area contributed by atoms with Gasteiger partial charge < -0.3 is 10.3 Å². The van der Waals surface area contributed by atoms with Crippen molar-refractivity contribution in [1.82, 2.24) is 5.06 Å². The minimum atomic E-state index is 0.675. The van der Waals surface area contributed by atoms with E-state index in [1.807, 2.05) is 0 Å². The highest BCUT2D eigenvalue weighted by Gasteiger charge is 2.17. The first-order valence-electron chi connectivity index (χ1n) is 4.56. The number of rotatable bonds is 2. The highest BCUT2D eigenvalue weighted by Crippen LogP contribution is 2.28. The molecule has 0 saturated heterocycles. The van der Waals surface area contributed by atoms with Gasteiger partial charge in [-0.1, -0.05) is 19.8 Å². The van der Waals surface area contributed by atoms with Crippen LogP contribution in [0, 0.1) is 17.0 Å². The average Bonchev–Trinajstić information content (AvgIpc) is 1.93. The molecule has 66 valence electrons. The van der Waals surface area contributed by atoms with Gasteiger partial charge in [0, 0.05) is 0 Å². The molecule has 11 heavy (non-hydrogen) atoms. The maximum absolute atomic E-state index is 10.7. The summed E-state index contributed by atoms with van der Waals surface area (Å²) < 4.78 is 0. The summed E-state index contributed by atoms with van der Waals surface area (Å²) in [6.07, 6.45) is 5.15. The second-order valence-electron chi connectivity index (χ2n) is 3.94. The number of nitrogens with zero attached hydrogens (tertiary/aromatic N) is 1. The molecular formula is C9H18NO-. The molecule has 0 amide bonds. The molecule has 0 bridgehead atoms. The van der Waals surface area contributed by atoms with Crippen molar-refractivity contribution in [3.63, 3.8) is 0 Å². The average molecular weight is 156 g/mol. The third-order valence-corrected chi connectivity index (χ3v) is 2.65. The smallest absolute Gasteiger partial charge is 0.0118 e. The van der Waals surface area contributed by atoms with Crippen molar-refractivity contribution in [2.45, 2.75) is 32.6 Å². The number of hydrogen-bond acceptors (Lipinski definition) is 2. The van der Waals surface area contributed by atoms with Crippen molar-refractivity contribution in [2.24, 2.45) is 11.8 Å². The fourth-order valence-electron chi connectivity index (χ4n) is 1.88. The zero-order valence-electron chi connectivity index (χ0n) is 7.55. The second kappa shape index (κ2) is 4.07. The van der Waals surface area contributed by atoms with Crippen molar-refractivity contribution in [3.8, 4) is 0 Å². The standard InChI is InChI=1S/C9H18NO/c1-8-3-5-9(6-4-8)7-10(2)11/h8-9H,3-7H2,1-2H3/q-1. The maximum Gasteiger partial charge on any atom is -0.0118 e. The molecule has 0 spiro atoms. The molecule has 0 aromatic rings. The molecule has 0 atom stereocenters. The first-order valence-corrected chi connectivity index (χ1v) is 4.56. The lowest BCUT2D eigenvalue weighted by Crippen LogP contribution is -2.23. The van der Waals surface area contributed by atoms with Crippen molar-refractivity contribution >= 4 is 0 Å². The van der Waals surface area contributed by atoms with Crippen LogP contribution in [0.3, 0.4) is 0 Å². The summed E-state index contributed by atoms with van der Waals surface area (Å²) in [5.41, 5.74) is 0. The van der Waals surface area contributed by atoms with E-state index in [4.69, 9.17) is 0 Å². The van der Waals surface area contributed by atoms with Gasteiger partial charge in [0.1, 0.15) is 0 Å². The van der Waals surface area contributed by atoms with Gasteiger partial charge in [0.25, 0.3) is 0 Å². The molecule has 2 heteroatoms. The van der Waals surface area contributed by atoms with Gasteiger partial charge in [-0.3, -0.25) is 0 Å². The molecule has 1 fully saturated rings. The molecule has 0 radical (unpaired) electrons. The second-order valence-corrected chi connectivity index (χ2v) is 3.94. The van der Waals surface area contributed by atoms with E-state index < -0.39 is 0 Å². The highest BCUT2D eigenvalue weighted by molar-refractivity contribution is 4.72. The van der Waals surface area contributed by atoms with E-state index in [0.717, 1.165) is 17.5 Å². The van der Waals surface area contributed by atoms with Crippen LogP contribution in [0.2, 0.25) is 0 Å². The van der Waals surface area contributed by atoms with Gasteiger partial charge in [0.15, 0.2) is 0 Å². The van der Waals surface area contributed by atoms with Gasteiger partial charge in [-0.25, -0.2) is 0 Å². The van der Waals surface area contributed by atoms with E-state index in [9.17, 15) is 5.21 Å². The minimum absolute atomic E-state index is 0.675. The molecule has 0 aliphatic heterocycles. The molecular weight excluding hydrogens is 138 g/mol. The van der Waals surface area contributed by atoms with E-state index in [1.54, 1.807) is 7.05 Å². The van der Waals surface area contributed by atoms with Crippen LogP contribution >= 0.6 is 0 Å². The monoisotopic (exact) mass is 156 g/mol. The van der Waals surface area contributed by atoms with E-state index in [0.29, 0.717) is 5.92 Å². The molecule has 0 heterocycles. The fraction of sp³-hybridized carbons (Fsp3) is 1.00. The predicted octanol–water partition coefficient (Wildman–Crippen LogP) is 2.24. The van der Waals surface area contributed by atoms with E-state index in [-0.39, 0.29) is 0 Å². The van der Waals surface area contributed by atoms with Crippen LogP contribution < -0.4 is 0 Å². The lowest BCUT2D eigenvalue weighted by Gasteiger charge is -2.32. The Hall–Kier alpha value is -0.0800. The third-order valence-electron chi connectivity index (χ3n) is 2.65. The van der Waals surface area contributed by atoms with Crippen LogP contribution in [0.1, 0.15) is 32.6 Å². The first kappa shape index (κ1) is 9.01. The molecule has 0 N–H and O–H groups in total. The van der Waals surface area contributed by atoms with Crippen molar-refractivity contribution in [2.75, 3.05) is 13.6 Å². The fourth-order valence-corrected chi connectivity index (χ4v) is 1.88. The Balaban J connectivity index is 2.17. The van der Waals surface area contributed by atoms with Crippen LogP contribution in [-0.4, -0.2) is 18.7 Å². The van der Waals surface area contributed by atoms with E-state index >= 15 is 0 Å². The van der Waals surface area contributed by atoms with E-state index in [2.05, 4.69) is 6.92 Å². The Morgan fingerprint density at radius 2 is 1.82 bits per heavy atom.